The fraction of sp³-hybridized carbons (Fsp3) is 0.231. The molecule has 2 rings (SSSR count). The molecule has 0 saturated carbocycles. The van der Waals surface area contributed by atoms with Crippen molar-refractivity contribution < 1.29 is 14.3 Å². The van der Waals surface area contributed by atoms with Gasteiger partial charge in [-0.1, -0.05) is 12.1 Å². The molecule has 0 saturated heterocycles. The van der Waals surface area contributed by atoms with E-state index in [2.05, 4.69) is 10.2 Å². The Hall–Kier alpha value is -2.30. The van der Waals surface area contributed by atoms with Gasteiger partial charge in [0.15, 0.2) is 0 Å². The maximum Gasteiger partial charge on any atom is 0.310 e. The largest absolute Gasteiger partial charge is 0.497 e. The number of esters is 1. The fourth-order valence-electron chi connectivity index (χ4n) is 1.48. The molecule has 1 aromatic carbocycles. The van der Waals surface area contributed by atoms with Gasteiger partial charge in [0.05, 0.1) is 19.7 Å². The first-order valence-corrected chi connectivity index (χ1v) is 5.54. The minimum atomic E-state index is -0.271. The molecule has 2 aromatic rings. The van der Waals surface area contributed by atoms with Crippen LogP contribution in [0.5, 0.6) is 5.75 Å². The molecule has 0 bridgehead atoms. The lowest BCUT2D eigenvalue weighted by Gasteiger charge is -2.05. The van der Waals surface area contributed by atoms with Gasteiger partial charge in [-0.25, -0.2) is 0 Å². The molecule has 18 heavy (non-hydrogen) atoms. The number of methoxy groups -OCH3 is 1. The number of benzene rings is 1. The van der Waals surface area contributed by atoms with E-state index >= 15 is 0 Å². The fourth-order valence-corrected chi connectivity index (χ4v) is 1.48. The number of hydrogen-bond acceptors (Lipinski definition) is 4. The molecule has 0 fully saturated rings. The van der Waals surface area contributed by atoms with E-state index in [1.54, 1.807) is 19.5 Å². The van der Waals surface area contributed by atoms with Crippen LogP contribution in [0.15, 0.2) is 36.7 Å². The van der Waals surface area contributed by atoms with E-state index in [0.717, 1.165) is 16.9 Å². The maximum absolute atomic E-state index is 11.5. The maximum atomic E-state index is 11.5. The minimum Gasteiger partial charge on any atom is -0.497 e. The topological polar surface area (TPSA) is 64.2 Å². The zero-order chi connectivity index (χ0) is 12.8. The molecule has 5 nitrogen and oxygen atoms in total. The second-order valence-corrected chi connectivity index (χ2v) is 3.79. The predicted molar refractivity (Wildman–Crippen MR) is 65.1 cm³/mol. The lowest BCUT2D eigenvalue weighted by Crippen LogP contribution is -2.07. The normalized spacial score (nSPS) is 10.1. The van der Waals surface area contributed by atoms with Gasteiger partial charge in [0, 0.05) is 11.8 Å². The third kappa shape index (κ3) is 3.35. The molecule has 0 aliphatic rings. The molecule has 0 atom stereocenters. The SMILES string of the molecule is COc1ccc(COC(=O)Cc2cn[nH]c2)cc1. The Morgan fingerprint density at radius 2 is 2.06 bits per heavy atom. The van der Waals surface area contributed by atoms with Gasteiger partial charge in [0.25, 0.3) is 0 Å². The Kier molecular flexibility index (Phi) is 3.96. The average Bonchev–Trinajstić information content (AvgIpc) is 2.90. The number of nitrogens with one attached hydrogen (secondary N) is 1. The Morgan fingerprint density at radius 3 is 2.67 bits per heavy atom. The minimum absolute atomic E-state index is 0.229. The average molecular weight is 246 g/mol. The lowest BCUT2D eigenvalue weighted by molar-refractivity contribution is -0.144. The van der Waals surface area contributed by atoms with E-state index in [4.69, 9.17) is 9.47 Å². The second-order valence-electron chi connectivity index (χ2n) is 3.79. The number of carbonyl (C=O) groups excluding carboxylic acids is 1. The molecule has 1 heterocycles. The van der Waals surface area contributed by atoms with Crippen LogP contribution in [0.25, 0.3) is 0 Å². The van der Waals surface area contributed by atoms with Crippen LogP contribution in [0.4, 0.5) is 0 Å². The van der Waals surface area contributed by atoms with Crippen molar-refractivity contribution in [1.29, 1.82) is 0 Å². The van der Waals surface area contributed by atoms with Crippen molar-refractivity contribution in [3.8, 4) is 5.75 Å². The van der Waals surface area contributed by atoms with Gasteiger partial charge in [-0.05, 0) is 17.7 Å². The molecule has 1 aromatic heterocycles. The summed E-state index contributed by atoms with van der Waals surface area (Å²) in [6, 6.07) is 7.40. The highest BCUT2D eigenvalue weighted by molar-refractivity contribution is 5.72. The van der Waals surface area contributed by atoms with Gasteiger partial charge in [0.1, 0.15) is 12.4 Å². The van der Waals surface area contributed by atoms with Crippen molar-refractivity contribution in [3.05, 3.63) is 47.8 Å². The number of rotatable bonds is 5. The summed E-state index contributed by atoms with van der Waals surface area (Å²) in [5, 5.41) is 6.42. The number of hydrogen-bond donors (Lipinski definition) is 1. The van der Waals surface area contributed by atoms with Crippen LogP contribution in [-0.2, 0) is 22.6 Å². The van der Waals surface area contributed by atoms with Gasteiger partial charge < -0.3 is 9.47 Å². The standard InChI is InChI=1S/C13H14N2O3/c1-17-12-4-2-10(3-5-12)9-18-13(16)6-11-7-14-15-8-11/h2-5,7-8H,6,9H2,1H3,(H,14,15). The number of aromatic nitrogens is 2. The smallest absolute Gasteiger partial charge is 0.310 e. The number of aromatic amines is 1. The van der Waals surface area contributed by atoms with Gasteiger partial charge in [-0.2, -0.15) is 5.10 Å². The summed E-state index contributed by atoms with van der Waals surface area (Å²) in [6.45, 7) is 0.265. The van der Waals surface area contributed by atoms with Crippen LogP contribution >= 0.6 is 0 Å². The molecule has 0 aliphatic heterocycles. The summed E-state index contributed by atoms with van der Waals surface area (Å²) < 4.78 is 10.2. The third-order valence-electron chi connectivity index (χ3n) is 2.46. The highest BCUT2D eigenvalue weighted by Crippen LogP contribution is 2.12. The van der Waals surface area contributed by atoms with Crippen LogP contribution in [0.1, 0.15) is 11.1 Å². The van der Waals surface area contributed by atoms with Crippen LogP contribution < -0.4 is 4.74 Å². The molecule has 0 aliphatic carbocycles. The van der Waals surface area contributed by atoms with E-state index in [0.29, 0.717) is 0 Å². The van der Waals surface area contributed by atoms with Crippen molar-refractivity contribution in [3.63, 3.8) is 0 Å². The van der Waals surface area contributed by atoms with Gasteiger partial charge in [-0.3, -0.25) is 9.89 Å². The highest BCUT2D eigenvalue weighted by atomic mass is 16.5. The van der Waals surface area contributed by atoms with Crippen LogP contribution in [0, 0.1) is 0 Å². The zero-order valence-electron chi connectivity index (χ0n) is 10.1. The molecule has 0 radical (unpaired) electrons. The zero-order valence-corrected chi connectivity index (χ0v) is 10.1. The van der Waals surface area contributed by atoms with Crippen molar-refractivity contribution in [2.75, 3.05) is 7.11 Å². The van der Waals surface area contributed by atoms with Crippen LogP contribution in [0.2, 0.25) is 0 Å². The predicted octanol–water partition coefficient (Wildman–Crippen LogP) is 1.70. The first kappa shape index (κ1) is 12.2. The highest BCUT2D eigenvalue weighted by Gasteiger charge is 2.06. The molecule has 1 N–H and O–H groups in total. The Morgan fingerprint density at radius 1 is 1.28 bits per heavy atom. The van der Waals surface area contributed by atoms with Crippen molar-refractivity contribution >= 4 is 5.97 Å². The van der Waals surface area contributed by atoms with E-state index in [1.165, 1.54) is 0 Å². The number of ether oxygens (including phenoxy) is 2. The number of carbonyl (C=O) groups is 1. The molecule has 0 unspecified atom stereocenters. The summed E-state index contributed by atoms with van der Waals surface area (Å²) in [5.41, 5.74) is 1.74. The molecule has 0 spiro atoms. The Bertz CT molecular complexity index is 491. The molecular formula is C13H14N2O3. The van der Waals surface area contributed by atoms with E-state index in [1.807, 2.05) is 24.3 Å². The van der Waals surface area contributed by atoms with Gasteiger partial charge in [0.2, 0.25) is 0 Å². The lowest BCUT2D eigenvalue weighted by atomic mass is 10.2. The van der Waals surface area contributed by atoms with Crippen LogP contribution in [-0.4, -0.2) is 23.3 Å². The van der Waals surface area contributed by atoms with Crippen molar-refractivity contribution in [2.24, 2.45) is 0 Å². The van der Waals surface area contributed by atoms with Gasteiger partial charge in [-0.15, -0.1) is 0 Å². The van der Waals surface area contributed by atoms with E-state index in [-0.39, 0.29) is 19.0 Å². The number of nitrogens with zero attached hydrogens (tertiary/aromatic N) is 1. The van der Waals surface area contributed by atoms with E-state index < -0.39 is 0 Å². The van der Waals surface area contributed by atoms with E-state index in [9.17, 15) is 4.79 Å². The Labute approximate surface area is 105 Å². The number of H-pyrrole nitrogens is 1. The molecule has 0 amide bonds. The summed E-state index contributed by atoms with van der Waals surface area (Å²) in [7, 11) is 1.61. The summed E-state index contributed by atoms with van der Waals surface area (Å²) >= 11 is 0. The molecule has 5 heteroatoms. The second kappa shape index (κ2) is 5.86. The van der Waals surface area contributed by atoms with Crippen LogP contribution in [0.3, 0.4) is 0 Å². The quantitative estimate of drug-likeness (QED) is 0.816. The monoisotopic (exact) mass is 246 g/mol. The van der Waals surface area contributed by atoms with Crippen molar-refractivity contribution in [1.82, 2.24) is 10.2 Å². The molecular weight excluding hydrogens is 232 g/mol. The van der Waals surface area contributed by atoms with Crippen molar-refractivity contribution in [2.45, 2.75) is 13.0 Å². The summed E-state index contributed by atoms with van der Waals surface area (Å²) in [5.74, 6) is 0.510. The Balaban J connectivity index is 1.81. The first-order valence-electron chi connectivity index (χ1n) is 5.54. The third-order valence-corrected chi connectivity index (χ3v) is 2.46. The summed E-state index contributed by atoms with van der Waals surface area (Å²) in [4.78, 5) is 11.5. The van der Waals surface area contributed by atoms with Gasteiger partial charge >= 0.3 is 5.97 Å². The molecule has 94 valence electrons. The summed E-state index contributed by atoms with van der Waals surface area (Å²) in [6.07, 6.45) is 3.51. The first-order chi connectivity index (χ1) is 8.78.